The van der Waals surface area contributed by atoms with Gasteiger partial charge in [-0.2, -0.15) is 5.10 Å². The van der Waals surface area contributed by atoms with Crippen molar-refractivity contribution in [1.29, 1.82) is 0 Å². The number of ether oxygens (including phenoxy) is 1. The molecule has 0 aromatic carbocycles. The molecule has 1 N–H and O–H groups in total. The van der Waals surface area contributed by atoms with Crippen LogP contribution in [0.25, 0.3) is 11.3 Å². The zero-order valence-corrected chi connectivity index (χ0v) is 26.2. The quantitative estimate of drug-likeness (QED) is 0.347. The SMILES string of the molecule is COCCN1CCn2nc(Nc3cc(-c4nccc(N5CCn6c(cc7c6CC(C)(C)C7)C5=O)c4C)cn(C)c3=O)cc2C1. The number of aromatic nitrogens is 5. The second-order valence-electron chi connectivity index (χ2n) is 13.1. The van der Waals surface area contributed by atoms with E-state index in [1.807, 2.05) is 34.7 Å². The van der Waals surface area contributed by atoms with E-state index in [9.17, 15) is 9.59 Å². The Morgan fingerprint density at radius 1 is 1.07 bits per heavy atom. The number of carbonyl (C=O) groups excluding carboxylic acids is 1. The van der Waals surface area contributed by atoms with Crippen LogP contribution in [-0.4, -0.2) is 68.1 Å². The minimum atomic E-state index is -0.154. The summed E-state index contributed by atoms with van der Waals surface area (Å²) >= 11 is 0. The summed E-state index contributed by atoms with van der Waals surface area (Å²) in [6.07, 6.45) is 5.56. The van der Waals surface area contributed by atoms with Crippen LogP contribution >= 0.6 is 0 Å². The molecule has 11 nitrogen and oxygen atoms in total. The molecule has 0 atom stereocenters. The molecule has 3 aliphatic rings. The fourth-order valence-corrected chi connectivity index (χ4v) is 7.11. The van der Waals surface area contributed by atoms with Gasteiger partial charge in [0.05, 0.1) is 30.2 Å². The number of rotatable bonds is 7. The van der Waals surface area contributed by atoms with E-state index in [0.717, 1.165) is 79.5 Å². The highest BCUT2D eigenvalue weighted by molar-refractivity contribution is 6.07. The van der Waals surface area contributed by atoms with Crippen molar-refractivity contribution in [2.24, 2.45) is 12.5 Å². The highest BCUT2D eigenvalue weighted by Crippen LogP contribution is 2.40. The molecule has 0 bridgehead atoms. The van der Waals surface area contributed by atoms with E-state index in [0.29, 0.717) is 24.7 Å². The third-order valence-corrected chi connectivity index (χ3v) is 9.30. The van der Waals surface area contributed by atoms with Crippen LogP contribution in [0.3, 0.4) is 0 Å². The molecule has 1 aliphatic carbocycles. The summed E-state index contributed by atoms with van der Waals surface area (Å²) in [6.45, 7) is 12.0. The lowest BCUT2D eigenvalue weighted by molar-refractivity contribution is 0.0964. The first-order valence-electron chi connectivity index (χ1n) is 15.4. The molecule has 7 rings (SSSR count). The van der Waals surface area contributed by atoms with Gasteiger partial charge in [-0.15, -0.1) is 0 Å². The zero-order valence-electron chi connectivity index (χ0n) is 26.2. The van der Waals surface area contributed by atoms with Crippen molar-refractivity contribution >= 4 is 23.1 Å². The molecular formula is C33H40N8O3. The van der Waals surface area contributed by atoms with Crippen LogP contribution in [0.15, 0.2) is 41.5 Å². The average Bonchev–Trinajstić information content (AvgIpc) is 3.64. The second kappa shape index (κ2) is 10.7. The number of fused-ring (bicyclic) bond motifs is 4. The Labute approximate surface area is 257 Å². The van der Waals surface area contributed by atoms with Gasteiger partial charge in [-0.05, 0) is 54.5 Å². The molecule has 4 aromatic rings. The van der Waals surface area contributed by atoms with Gasteiger partial charge in [-0.25, -0.2) is 0 Å². The number of anilines is 3. The molecule has 0 spiro atoms. The fourth-order valence-electron chi connectivity index (χ4n) is 7.11. The van der Waals surface area contributed by atoms with Crippen LogP contribution in [0.5, 0.6) is 0 Å². The normalized spacial score (nSPS) is 17.5. The predicted molar refractivity (Wildman–Crippen MR) is 170 cm³/mol. The Bertz CT molecular complexity index is 1830. The van der Waals surface area contributed by atoms with Crippen molar-refractivity contribution < 1.29 is 9.53 Å². The smallest absolute Gasteiger partial charge is 0.274 e. The van der Waals surface area contributed by atoms with Gasteiger partial charge in [-0.1, -0.05) is 13.8 Å². The largest absolute Gasteiger partial charge is 0.383 e. The van der Waals surface area contributed by atoms with E-state index in [-0.39, 0.29) is 16.9 Å². The van der Waals surface area contributed by atoms with Gasteiger partial charge < -0.3 is 24.1 Å². The lowest BCUT2D eigenvalue weighted by Gasteiger charge is -2.31. The average molecular weight is 597 g/mol. The van der Waals surface area contributed by atoms with Crippen LogP contribution in [0.4, 0.5) is 17.2 Å². The first-order chi connectivity index (χ1) is 21.1. The first-order valence-corrected chi connectivity index (χ1v) is 15.4. The van der Waals surface area contributed by atoms with Gasteiger partial charge >= 0.3 is 0 Å². The molecule has 0 fully saturated rings. The minimum Gasteiger partial charge on any atom is -0.383 e. The molecule has 2 aliphatic heterocycles. The van der Waals surface area contributed by atoms with Gasteiger partial charge in [0.1, 0.15) is 11.4 Å². The third-order valence-electron chi connectivity index (χ3n) is 9.30. The van der Waals surface area contributed by atoms with Crippen LogP contribution in [0.2, 0.25) is 0 Å². The lowest BCUT2D eigenvalue weighted by atomic mass is 9.90. The van der Waals surface area contributed by atoms with Gasteiger partial charge in [0.15, 0.2) is 5.82 Å². The summed E-state index contributed by atoms with van der Waals surface area (Å²) in [5.74, 6) is 0.662. The predicted octanol–water partition coefficient (Wildman–Crippen LogP) is 3.74. The summed E-state index contributed by atoms with van der Waals surface area (Å²) in [5.41, 5.74) is 8.27. The second-order valence-corrected chi connectivity index (χ2v) is 13.1. The van der Waals surface area contributed by atoms with E-state index in [4.69, 9.17) is 14.8 Å². The molecule has 4 aromatic heterocycles. The van der Waals surface area contributed by atoms with E-state index in [2.05, 4.69) is 34.7 Å². The summed E-state index contributed by atoms with van der Waals surface area (Å²) < 4.78 is 11.0. The molecule has 11 heteroatoms. The number of amides is 1. The number of nitrogens with zero attached hydrogens (tertiary/aromatic N) is 7. The third kappa shape index (κ3) is 4.93. The van der Waals surface area contributed by atoms with Crippen LogP contribution in [-0.2, 0) is 44.3 Å². The molecule has 230 valence electrons. The summed E-state index contributed by atoms with van der Waals surface area (Å²) in [4.78, 5) is 35.9. The van der Waals surface area contributed by atoms with Crippen molar-refractivity contribution in [3.63, 3.8) is 0 Å². The summed E-state index contributed by atoms with van der Waals surface area (Å²) in [6, 6.07) is 7.86. The van der Waals surface area contributed by atoms with Crippen molar-refractivity contribution in [2.75, 3.05) is 43.6 Å². The number of nitrogens with one attached hydrogen (secondary N) is 1. The molecule has 44 heavy (non-hydrogen) atoms. The number of aryl methyl sites for hydroxylation is 1. The Hall–Kier alpha value is -4.22. The number of pyridine rings is 2. The standard InChI is InChI=1S/C33H40N8O3/c1-21-26(40-10-9-39-27(32(40)43)15-22-17-33(2,3)18-28(22)39)6-7-34-30(21)23-14-25(31(42)37(4)19-23)35-29-16-24-20-38(12-13-44-5)8-11-41(24)36-29/h6-7,14-16,19H,8-13,17-18,20H2,1-5H3,(H,35,36). The van der Waals surface area contributed by atoms with E-state index < -0.39 is 0 Å². The number of hydrogen-bond donors (Lipinski definition) is 1. The van der Waals surface area contributed by atoms with Crippen molar-refractivity contribution in [3.05, 3.63) is 75.2 Å². The zero-order chi connectivity index (χ0) is 30.7. The van der Waals surface area contributed by atoms with Gasteiger partial charge in [0, 0.05) is 76.6 Å². The molecule has 0 saturated heterocycles. The van der Waals surface area contributed by atoms with Gasteiger partial charge in [-0.3, -0.25) is 24.2 Å². The van der Waals surface area contributed by atoms with E-state index >= 15 is 0 Å². The maximum atomic E-state index is 13.8. The molecule has 1 amide bonds. The van der Waals surface area contributed by atoms with Crippen molar-refractivity contribution in [2.45, 2.75) is 53.2 Å². The Balaban J connectivity index is 1.16. The Kier molecular flexibility index (Phi) is 6.97. The maximum absolute atomic E-state index is 13.8. The molecule has 6 heterocycles. The topological polar surface area (TPSA) is 102 Å². The highest BCUT2D eigenvalue weighted by atomic mass is 16.5. The number of hydrogen-bond acceptors (Lipinski definition) is 7. The van der Waals surface area contributed by atoms with Gasteiger partial charge in [0.2, 0.25) is 0 Å². The Morgan fingerprint density at radius 2 is 1.91 bits per heavy atom. The molecule has 0 radical (unpaired) electrons. The Morgan fingerprint density at radius 3 is 2.73 bits per heavy atom. The number of carbonyl (C=O) groups is 1. The van der Waals surface area contributed by atoms with Crippen LogP contribution in [0, 0.1) is 12.3 Å². The van der Waals surface area contributed by atoms with E-state index in [1.54, 1.807) is 31.1 Å². The van der Waals surface area contributed by atoms with Crippen LogP contribution in [0.1, 0.15) is 46.9 Å². The molecule has 0 unspecified atom stereocenters. The monoisotopic (exact) mass is 596 g/mol. The minimum absolute atomic E-state index is 0.0241. The van der Waals surface area contributed by atoms with Crippen molar-refractivity contribution in [1.82, 2.24) is 28.8 Å². The highest BCUT2D eigenvalue weighted by Gasteiger charge is 2.37. The summed E-state index contributed by atoms with van der Waals surface area (Å²) in [7, 11) is 3.46. The number of methoxy groups -OCH3 is 1. The molecule has 0 saturated carbocycles. The molecular weight excluding hydrogens is 556 g/mol. The van der Waals surface area contributed by atoms with Crippen molar-refractivity contribution in [3.8, 4) is 11.3 Å². The van der Waals surface area contributed by atoms with Gasteiger partial charge in [0.25, 0.3) is 11.5 Å². The van der Waals surface area contributed by atoms with Crippen LogP contribution < -0.4 is 15.8 Å². The van der Waals surface area contributed by atoms with E-state index in [1.165, 1.54) is 11.3 Å². The summed E-state index contributed by atoms with van der Waals surface area (Å²) in [5, 5.41) is 7.99. The fraction of sp³-hybridized carbons (Fsp3) is 0.455. The lowest BCUT2D eigenvalue weighted by Crippen LogP contribution is -2.41. The first kappa shape index (κ1) is 28.5. The maximum Gasteiger partial charge on any atom is 0.274 e.